The Morgan fingerprint density at radius 2 is 1.78 bits per heavy atom. The molecule has 2 N–H and O–H groups in total. The van der Waals surface area contributed by atoms with Gasteiger partial charge in [0.25, 0.3) is 0 Å². The highest BCUT2D eigenvalue weighted by atomic mass is 16.3. The predicted molar refractivity (Wildman–Crippen MR) is 90.3 cm³/mol. The summed E-state index contributed by atoms with van der Waals surface area (Å²) < 4.78 is 1.84. The van der Waals surface area contributed by atoms with Crippen molar-refractivity contribution < 1.29 is 10.2 Å². The molecule has 0 saturated carbocycles. The summed E-state index contributed by atoms with van der Waals surface area (Å²) in [4.78, 5) is 4.43. The minimum Gasteiger partial charge on any atom is -0.508 e. The number of imidazole rings is 1. The Morgan fingerprint density at radius 1 is 1.04 bits per heavy atom. The van der Waals surface area contributed by atoms with Gasteiger partial charge in [0.15, 0.2) is 0 Å². The summed E-state index contributed by atoms with van der Waals surface area (Å²) in [7, 11) is 0. The van der Waals surface area contributed by atoms with Crippen LogP contribution in [0.3, 0.4) is 0 Å². The van der Waals surface area contributed by atoms with Crippen LogP contribution in [-0.2, 0) is 13.0 Å². The van der Waals surface area contributed by atoms with Crippen LogP contribution in [0.25, 0.3) is 5.76 Å². The van der Waals surface area contributed by atoms with Crippen LogP contribution in [0.5, 0.6) is 5.75 Å². The first-order chi connectivity index (χ1) is 11.1. The van der Waals surface area contributed by atoms with E-state index in [1.165, 1.54) is 0 Å². The molecule has 0 atom stereocenters. The van der Waals surface area contributed by atoms with Gasteiger partial charge in [0.2, 0.25) is 0 Å². The van der Waals surface area contributed by atoms with Gasteiger partial charge in [0.05, 0.1) is 12.0 Å². The average molecular weight is 306 g/mol. The van der Waals surface area contributed by atoms with E-state index in [9.17, 15) is 10.2 Å². The molecule has 3 rings (SSSR count). The summed E-state index contributed by atoms with van der Waals surface area (Å²) in [5, 5.41) is 19.6. The molecule has 0 amide bonds. The molecule has 3 aromatic rings. The minimum absolute atomic E-state index is 0.00594. The molecule has 0 fully saturated rings. The van der Waals surface area contributed by atoms with Crippen molar-refractivity contribution in [1.29, 1.82) is 0 Å². The Morgan fingerprint density at radius 3 is 2.48 bits per heavy atom. The Hall–Kier alpha value is -3.01. The average Bonchev–Trinajstić information content (AvgIpc) is 2.91. The van der Waals surface area contributed by atoms with E-state index < -0.39 is 0 Å². The van der Waals surface area contributed by atoms with E-state index in [2.05, 4.69) is 11.6 Å². The van der Waals surface area contributed by atoms with Crippen molar-refractivity contribution in [2.45, 2.75) is 13.0 Å². The number of phenolic OH excluding ortho intramolecular Hbond substituents is 1. The molecular weight excluding hydrogens is 288 g/mol. The fraction of sp³-hybridized carbons (Fsp3) is 0.105. The molecule has 0 saturated heterocycles. The largest absolute Gasteiger partial charge is 0.508 e. The van der Waals surface area contributed by atoms with E-state index in [0.717, 1.165) is 16.8 Å². The fourth-order valence-corrected chi connectivity index (χ4v) is 2.65. The summed E-state index contributed by atoms with van der Waals surface area (Å²) in [5.41, 5.74) is 3.45. The third kappa shape index (κ3) is 3.43. The second-order valence-corrected chi connectivity index (χ2v) is 5.45. The van der Waals surface area contributed by atoms with Gasteiger partial charge in [0, 0.05) is 13.0 Å². The van der Waals surface area contributed by atoms with Crippen LogP contribution < -0.4 is 0 Å². The molecule has 0 aliphatic heterocycles. The van der Waals surface area contributed by atoms with Crippen LogP contribution in [-0.4, -0.2) is 19.8 Å². The van der Waals surface area contributed by atoms with E-state index in [1.54, 1.807) is 24.5 Å². The Bertz CT molecular complexity index is 822. The lowest BCUT2D eigenvalue weighted by molar-refractivity contribution is 0.474. The standard InChI is InChI=1S/C19H18N2O2/c1-14(22)19-18(11-15-6-3-2-4-7-15)20-13-21(19)12-16-8-5-9-17(23)10-16/h2-10,13,22-23H,1,11-12H2. The van der Waals surface area contributed by atoms with Gasteiger partial charge in [-0.2, -0.15) is 0 Å². The van der Waals surface area contributed by atoms with Gasteiger partial charge in [-0.1, -0.05) is 49.0 Å². The van der Waals surface area contributed by atoms with Crippen LogP contribution in [0.4, 0.5) is 0 Å². The van der Waals surface area contributed by atoms with Crippen molar-refractivity contribution in [3.05, 3.63) is 90.0 Å². The minimum atomic E-state index is -0.00594. The molecule has 4 nitrogen and oxygen atoms in total. The first kappa shape index (κ1) is 14.9. The highest BCUT2D eigenvalue weighted by Crippen LogP contribution is 2.21. The topological polar surface area (TPSA) is 58.3 Å². The van der Waals surface area contributed by atoms with Gasteiger partial charge >= 0.3 is 0 Å². The number of hydrogen-bond acceptors (Lipinski definition) is 3. The quantitative estimate of drug-likeness (QED) is 0.706. The number of phenols is 1. The second kappa shape index (κ2) is 6.40. The fourth-order valence-electron chi connectivity index (χ4n) is 2.65. The van der Waals surface area contributed by atoms with Crippen molar-refractivity contribution in [3.63, 3.8) is 0 Å². The second-order valence-electron chi connectivity index (χ2n) is 5.45. The number of rotatable bonds is 5. The number of aromatic hydroxyl groups is 1. The molecule has 23 heavy (non-hydrogen) atoms. The molecule has 1 aromatic heterocycles. The number of aliphatic hydroxyl groups excluding tert-OH is 1. The molecule has 0 radical (unpaired) electrons. The van der Waals surface area contributed by atoms with Crippen molar-refractivity contribution in [1.82, 2.24) is 9.55 Å². The highest BCUT2D eigenvalue weighted by Gasteiger charge is 2.14. The highest BCUT2D eigenvalue weighted by molar-refractivity contribution is 5.56. The summed E-state index contributed by atoms with van der Waals surface area (Å²) in [6.45, 7) is 4.17. The maximum Gasteiger partial charge on any atom is 0.134 e. The van der Waals surface area contributed by atoms with Crippen LogP contribution in [0, 0.1) is 0 Å². The van der Waals surface area contributed by atoms with Crippen molar-refractivity contribution in [2.75, 3.05) is 0 Å². The Labute approximate surface area is 135 Å². The van der Waals surface area contributed by atoms with E-state index >= 15 is 0 Å². The molecule has 0 aliphatic carbocycles. The lowest BCUT2D eigenvalue weighted by Gasteiger charge is -2.09. The number of nitrogens with zero attached hydrogens (tertiary/aromatic N) is 2. The number of benzene rings is 2. The zero-order chi connectivity index (χ0) is 16.2. The van der Waals surface area contributed by atoms with Crippen LogP contribution >= 0.6 is 0 Å². The molecule has 0 bridgehead atoms. The molecule has 0 unspecified atom stereocenters. The van der Waals surface area contributed by atoms with E-state index in [1.807, 2.05) is 41.0 Å². The zero-order valence-electron chi connectivity index (χ0n) is 12.7. The lowest BCUT2D eigenvalue weighted by Crippen LogP contribution is -2.04. The molecule has 4 heteroatoms. The van der Waals surface area contributed by atoms with E-state index in [0.29, 0.717) is 18.7 Å². The van der Waals surface area contributed by atoms with Crippen molar-refractivity contribution in [3.8, 4) is 5.75 Å². The van der Waals surface area contributed by atoms with Gasteiger partial charge in [-0.3, -0.25) is 0 Å². The summed E-state index contributed by atoms with van der Waals surface area (Å²) in [5.74, 6) is 0.213. The molecule has 2 aromatic carbocycles. The van der Waals surface area contributed by atoms with Crippen molar-refractivity contribution in [2.24, 2.45) is 0 Å². The Kier molecular flexibility index (Phi) is 4.15. The van der Waals surface area contributed by atoms with E-state index in [-0.39, 0.29) is 11.5 Å². The maximum atomic E-state index is 9.98. The predicted octanol–water partition coefficient (Wildman–Crippen LogP) is 3.76. The van der Waals surface area contributed by atoms with Gasteiger partial charge in [-0.25, -0.2) is 4.98 Å². The van der Waals surface area contributed by atoms with Crippen molar-refractivity contribution >= 4 is 5.76 Å². The first-order valence-electron chi connectivity index (χ1n) is 7.37. The molecule has 116 valence electrons. The van der Waals surface area contributed by atoms with Crippen LogP contribution in [0.2, 0.25) is 0 Å². The Balaban J connectivity index is 1.91. The number of aromatic nitrogens is 2. The molecular formula is C19H18N2O2. The normalized spacial score (nSPS) is 10.6. The lowest BCUT2D eigenvalue weighted by atomic mass is 10.1. The zero-order valence-corrected chi connectivity index (χ0v) is 12.7. The third-order valence-corrected chi connectivity index (χ3v) is 3.66. The van der Waals surface area contributed by atoms with Gasteiger partial charge in [0.1, 0.15) is 17.2 Å². The van der Waals surface area contributed by atoms with Crippen LogP contribution in [0.1, 0.15) is 22.5 Å². The molecule has 0 aliphatic rings. The third-order valence-electron chi connectivity index (χ3n) is 3.66. The summed E-state index contributed by atoms with van der Waals surface area (Å²) >= 11 is 0. The maximum absolute atomic E-state index is 9.98. The number of hydrogen-bond donors (Lipinski definition) is 2. The van der Waals surface area contributed by atoms with Gasteiger partial charge in [-0.05, 0) is 23.3 Å². The van der Waals surface area contributed by atoms with E-state index in [4.69, 9.17) is 0 Å². The smallest absolute Gasteiger partial charge is 0.134 e. The van der Waals surface area contributed by atoms with Gasteiger partial charge < -0.3 is 14.8 Å². The molecule has 1 heterocycles. The SMILES string of the molecule is C=C(O)c1c(Cc2ccccc2)ncn1Cc1cccc(O)c1. The summed E-state index contributed by atoms with van der Waals surface area (Å²) in [6.07, 6.45) is 2.32. The van der Waals surface area contributed by atoms with Crippen LogP contribution in [0.15, 0.2) is 67.5 Å². The first-order valence-corrected chi connectivity index (χ1v) is 7.37. The monoisotopic (exact) mass is 306 g/mol. The summed E-state index contributed by atoms with van der Waals surface area (Å²) in [6, 6.07) is 17.0. The number of aliphatic hydroxyl groups is 1. The molecule has 0 spiro atoms. The van der Waals surface area contributed by atoms with Gasteiger partial charge in [-0.15, -0.1) is 0 Å².